The van der Waals surface area contributed by atoms with E-state index in [1.807, 2.05) is 30.3 Å². The zero-order valence-corrected chi connectivity index (χ0v) is 9.23. The molecule has 0 radical (unpaired) electrons. The molecule has 0 aliphatic rings. The van der Waals surface area contributed by atoms with Gasteiger partial charge in [0.05, 0.1) is 7.11 Å². The van der Waals surface area contributed by atoms with Gasteiger partial charge in [0.2, 0.25) is 0 Å². The molecule has 0 atom stereocenters. The first-order valence-electron chi connectivity index (χ1n) is 5.02. The van der Waals surface area contributed by atoms with E-state index in [0.29, 0.717) is 0 Å². The van der Waals surface area contributed by atoms with Crippen LogP contribution in [-0.2, 0) is 9.53 Å². The molecule has 84 valence electrons. The number of carbonyl (C=O) groups excluding carboxylic acids is 1. The molecular weight excluding hydrogens is 216 g/mol. The number of H-pyrrole nitrogens is 1. The van der Waals surface area contributed by atoms with Gasteiger partial charge in [-0.05, 0) is 12.1 Å². The summed E-state index contributed by atoms with van der Waals surface area (Å²) in [6.45, 7) is 0. The number of fused-ring (bicyclic) bond motifs is 1. The first-order chi connectivity index (χ1) is 8.26. The van der Waals surface area contributed by atoms with Crippen molar-refractivity contribution in [2.24, 2.45) is 0 Å². The van der Waals surface area contributed by atoms with E-state index in [9.17, 15) is 4.79 Å². The van der Waals surface area contributed by atoms with Crippen LogP contribution < -0.4 is 0 Å². The van der Waals surface area contributed by atoms with E-state index < -0.39 is 5.97 Å². The van der Waals surface area contributed by atoms with Gasteiger partial charge in [0.25, 0.3) is 0 Å². The third kappa shape index (κ3) is 2.04. The van der Waals surface area contributed by atoms with E-state index in [4.69, 9.17) is 5.26 Å². The van der Waals surface area contributed by atoms with Crippen LogP contribution in [0.3, 0.4) is 0 Å². The lowest BCUT2D eigenvalue weighted by Crippen LogP contribution is -2.02. The number of methoxy groups -OCH3 is 1. The van der Waals surface area contributed by atoms with Gasteiger partial charge in [0, 0.05) is 22.7 Å². The molecule has 4 heteroatoms. The zero-order valence-electron chi connectivity index (χ0n) is 9.23. The Bertz CT molecular complexity index is 632. The van der Waals surface area contributed by atoms with Gasteiger partial charge in [0.1, 0.15) is 11.6 Å². The van der Waals surface area contributed by atoms with Crippen LogP contribution in [0, 0.1) is 11.3 Å². The quantitative estimate of drug-likeness (QED) is 0.485. The first kappa shape index (κ1) is 11.0. The summed E-state index contributed by atoms with van der Waals surface area (Å²) in [4.78, 5) is 14.4. The molecule has 0 fully saturated rings. The van der Waals surface area contributed by atoms with Crippen LogP contribution in [0.2, 0.25) is 0 Å². The number of ether oxygens (including phenoxy) is 1. The number of hydrogen-bond donors (Lipinski definition) is 1. The fourth-order valence-electron chi connectivity index (χ4n) is 1.62. The van der Waals surface area contributed by atoms with Gasteiger partial charge in [-0.3, -0.25) is 0 Å². The maximum atomic E-state index is 11.3. The van der Waals surface area contributed by atoms with Crippen molar-refractivity contribution in [3.8, 4) is 6.07 Å². The number of carbonyl (C=O) groups is 1. The predicted molar refractivity (Wildman–Crippen MR) is 63.9 cm³/mol. The molecule has 0 saturated carbocycles. The minimum atomic E-state index is -0.627. The summed E-state index contributed by atoms with van der Waals surface area (Å²) in [5.74, 6) is -0.627. The molecule has 2 rings (SSSR count). The van der Waals surface area contributed by atoms with Crippen molar-refractivity contribution in [2.45, 2.75) is 0 Å². The van der Waals surface area contributed by atoms with E-state index >= 15 is 0 Å². The highest BCUT2D eigenvalue weighted by Gasteiger charge is 2.10. The zero-order chi connectivity index (χ0) is 12.3. The maximum absolute atomic E-state index is 11.3. The summed E-state index contributed by atoms with van der Waals surface area (Å²) in [7, 11) is 1.25. The van der Waals surface area contributed by atoms with Crippen LogP contribution in [0.1, 0.15) is 5.56 Å². The van der Waals surface area contributed by atoms with Crippen LogP contribution in [0.25, 0.3) is 17.0 Å². The number of para-hydroxylation sites is 1. The summed E-state index contributed by atoms with van der Waals surface area (Å²) < 4.78 is 4.52. The highest BCUT2D eigenvalue weighted by atomic mass is 16.5. The van der Waals surface area contributed by atoms with Crippen LogP contribution in [0.4, 0.5) is 0 Å². The molecule has 1 N–H and O–H groups in total. The average Bonchev–Trinajstić information content (AvgIpc) is 2.78. The monoisotopic (exact) mass is 226 g/mol. The Kier molecular flexibility index (Phi) is 2.93. The van der Waals surface area contributed by atoms with Crippen molar-refractivity contribution in [3.63, 3.8) is 0 Å². The Morgan fingerprint density at radius 1 is 1.47 bits per heavy atom. The number of nitrogens with one attached hydrogen (secondary N) is 1. The number of esters is 1. The Hall–Kier alpha value is -2.54. The number of nitriles is 1. The van der Waals surface area contributed by atoms with Crippen molar-refractivity contribution in [3.05, 3.63) is 41.6 Å². The van der Waals surface area contributed by atoms with E-state index in [1.54, 1.807) is 6.20 Å². The van der Waals surface area contributed by atoms with Crippen molar-refractivity contribution in [1.82, 2.24) is 4.98 Å². The smallest absolute Gasteiger partial charge is 0.348 e. The Balaban J connectivity index is 2.51. The molecule has 1 heterocycles. The molecule has 0 spiro atoms. The standard InChI is InChI=1S/C13H10N2O2/c1-17-13(16)9(7-14)6-10-8-15-12-5-3-2-4-11(10)12/h2-6,8,15H,1H3/b9-6-. The van der Waals surface area contributed by atoms with Gasteiger partial charge in [0.15, 0.2) is 0 Å². The molecule has 0 aliphatic carbocycles. The minimum absolute atomic E-state index is 0.0164. The van der Waals surface area contributed by atoms with Crippen molar-refractivity contribution >= 4 is 22.9 Å². The van der Waals surface area contributed by atoms with Crippen molar-refractivity contribution in [2.75, 3.05) is 7.11 Å². The average molecular weight is 226 g/mol. The van der Waals surface area contributed by atoms with Gasteiger partial charge in [-0.2, -0.15) is 5.26 Å². The fraction of sp³-hybridized carbons (Fsp3) is 0.0769. The topological polar surface area (TPSA) is 65.9 Å². The van der Waals surface area contributed by atoms with Gasteiger partial charge in [-0.15, -0.1) is 0 Å². The van der Waals surface area contributed by atoms with Crippen LogP contribution in [-0.4, -0.2) is 18.1 Å². The molecule has 0 bridgehead atoms. The normalized spacial score (nSPS) is 11.2. The molecule has 1 aromatic carbocycles. The lowest BCUT2D eigenvalue weighted by molar-refractivity contribution is -0.135. The van der Waals surface area contributed by atoms with Crippen LogP contribution in [0.5, 0.6) is 0 Å². The van der Waals surface area contributed by atoms with E-state index in [2.05, 4.69) is 9.72 Å². The summed E-state index contributed by atoms with van der Waals surface area (Å²) in [5, 5.41) is 9.83. The highest BCUT2D eigenvalue weighted by molar-refractivity contribution is 6.00. The third-order valence-electron chi connectivity index (χ3n) is 2.45. The molecule has 0 unspecified atom stereocenters. The molecule has 1 aromatic heterocycles. The largest absolute Gasteiger partial charge is 0.465 e. The Morgan fingerprint density at radius 3 is 2.94 bits per heavy atom. The SMILES string of the molecule is COC(=O)/C(C#N)=C\c1c[nH]c2ccccc12. The summed E-state index contributed by atoms with van der Waals surface area (Å²) in [6.07, 6.45) is 3.27. The second-order valence-electron chi connectivity index (χ2n) is 3.45. The third-order valence-corrected chi connectivity index (χ3v) is 2.45. The predicted octanol–water partition coefficient (Wildman–Crippen LogP) is 2.25. The second kappa shape index (κ2) is 4.54. The number of nitrogens with zero attached hydrogens (tertiary/aromatic N) is 1. The Morgan fingerprint density at radius 2 is 2.24 bits per heavy atom. The summed E-state index contributed by atoms with van der Waals surface area (Å²) in [6, 6.07) is 9.49. The van der Waals surface area contributed by atoms with E-state index in [1.165, 1.54) is 13.2 Å². The highest BCUT2D eigenvalue weighted by Crippen LogP contribution is 2.20. The van der Waals surface area contributed by atoms with Crippen LogP contribution in [0.15, 0.2) is 36.0 Å². The number of aromatic nitrogens is 1. The van der Waals surface area contributed by atoms with Crippen molar-refractivity contribution < 1.29 is 9.53 Å². The number of aromatic amines is 1. The van der Waals surface area contributed by atoms with Gasteiger partial charge in [-0.1, -0.05) is 18.2 Å². The van der Waals surface area contributed by atoms with E-state index in [-0.39, 0.29) is 5.57 Å². The molecule has 4 nitrogen and oxygen atoms in total. The van der Waals surface area contributed by atoms with Gasteiger partial charge < -0.3 is 9.72 Å². The molecule has 2 aromatic rings. The fourth-order valence-corrected chi connectivity index (χ4v) is 1.62. The van der Waals surface area contributed by atoms with Crippen molar-refractivity contribution in [1.29, 1.82) is 5.26 Å². The number of benzene rings is 1. The number of hydrogen-bond acceptors (Lipinski definition) is 3. The molecule has 0 amide bonds. The van der Waals surface area contributed by atoms with Gasteiger partial charge >= 0.3 is 5.97 Å². The maximum Gasteiger partial charge on any atom is 0.348 e. The summed E-state index contributed by atoms with van der Waals surface area (Å²) in [5.41, 5.74) is 1.74. The Labute approximate surface area is 98.1 Å². The first-order valence-corrected chi connectivity index (χ1v) is 5.02. The lowest BCUT2D eigenvalue weighted by atomic mass is 10.1. The molecular formula is C13H10N2O2. The lowest BCUT2D eigenvalue weighted by Gasteiger charge is -1.95. The van der Waals surface area contributed by atoms with Gasteiger partial charge in [-0.25, -0.2) is 4.79 Å². The summed E-state index contributed by atoms with van der Waals surface area (Å²) >= 11 is 0. The van der Waals surface area contributed by atoms with E-state index in [0.717, 1.165) is 16.5 Å². The molecule has 17 heavy (non-hydrogen) atoms. The second-order valence-corrected chi connectivity index (χ2v) is 3.45. The molecule has 0 saturated heterocycles. The van der Waals surface area contributed by atoms with Crippen LogP contribution >= 0.6 is 0 Å². The molecule has 0 aliphatic heterocycles. The minimum Gasteiger partial charge on any atom is -0.465 e. The number of rotatable bonds is 2.